The van der Waals surface area contributed by atoms with Crippen molar-refractivity contribution in [3.8, 4) is 0 Å². The summed E-state index contributed by atoms with van der Waals surface area (Å²) in [4.78, 5) is 0. The van der Waals surface area contributed by atoms with E-state index in [0.717, 1.165) is 6.61 Å². The zero-order valence-corrected chi connectivity index (χ0v) is 7.63. The largest absolute Gasteiger partial charge is 0.416 e. The molecule has 1 fully saturated rings. The van der Waals surface area contributed by atoms with Crippen LogP contribution in [0.3, 0.4) is 0 Å². The van der Waals surface area contributed by atoms with Crippen LogP contribution in [0.5, 0.6) is 0 Å². The van der Waals surface area contributed by atoms with Gasteiger partial charge in [-0.15, -0.1) is 6.58 Å². The lowest BCUT2D eigenvalue weighted by molar-refractivity contribution is 0.294. The van der Waals surface area contributed by atoms with Gasteiger partial charge in [-0.25, -0.2) is 0 Å². The Labute approximate surface area is 63.6 Å². The van der Waals surface area contributed by atoms with Gasteiger partial charge in [0, 0.05) is 6.61 Å². The van der Waals surface area contributed by atoms with Crippen LogP contribution in [0.15, 0.2) is 12.3 Å². The van der Waals surface area contributed by atoms with E-state index in [1.54, 1.807) is 0 Å². The van der Waals surface area contributed by atoms with Crippen molar-refractivity contribution < 1.29 is 8.82 Å². The van der Waals surface area contributed by atoms with Crippen molar-refractivity contribution >= 4 is 9.04 Å². The molecule has 0 aromatic carbocycles. The third-order valence-corrected chi connectivity index (χ3v) is 3.64. The van der Waals surface area contributed by atoms with Crippen LogP contribution in [0, 0.1) is 0 Å². The maximum atomic E-state index is 9.50. The van der Waals surface area contributed by atoms with Crippen molar-refractivity contribution in [3.05, 3.63) is 12.3 Å². The highest BCUT2D eigenvalue weighted by molar-refractivity contribution is 6.57. The Morgan fingerprint density at radius 1 is 1.50 bits per heavy atom. The highest BCUT2D eigenvalue weighted by Gasteiger charge is 2.10. The maximum Gasteiger partial charge on any atom is 0.200 e. The molecule has 1 heterocycles. The van der Waals surface area contributed by atoms with Crippen molar-refractivity contribution in [1.29, 1.82) is 0 Å². The summed E-state index contributed by atoms with van der Waals surface area (Å²) < 4.78 is 14.9. The Kier molecular flexibility index (Phi) is 6.85. The smallest absolute Gasteiger partial charge is 0.200 e. The fourth-order valence-corrected chi connectivity index (χ4v) is 2.65. The number of halogens is 1. The molecule has 0 aromatic heterocycles. The van der Waals surface area contributed by atoms with Gasteiger partial charge in [0.25, 0.3) is 0 Å². The van der Waals surface area contributed by atoms with E-state index < -0.39 is 9.04 Å². The van der Waals surface area contributed by atoms with Crippen LogP contribution < -0.4 is 0 Å². The molecule has 1 unspecified atom stereocenters. The Hall–Kier alpha value is -0.153. The van der Waals surface area contributed by atoms with Crippen molar-refractivity contribution in [2.45, 2.75) is 18.9 Å². The minimum atomic E-state index is -0.841. The zero-order chi connectivity index (χ0) is 7.82. The summed E-state index contributed by atoms with van der Waals surface area (Å²) in [5.41, 5.74) is 2.03. The fourth-order valence-electron chi connectivity index (χ4n) is 0.952. The molecule has 0 radical (unpaired) electrons. The molecule has 1 aliphatic rings. The van der Waals surface area contributed by atoms with Crippen molar-refractivity contribution in [2.75, 3.05) is 13.8 Å². The monoisotopic (exact) mass is 162 g/mol. The number of hydrogen-bond donors (Lipinski definition) is 0. The quantitative estimate of drug-likeness (QED) is 0.534. The van der Waals surface area contributed by atoms with Crippen molar-refractivity contribution in [2.24, 2.45) is 0 Å². The first-order valence-corrected chi connectivity index (χ1v) is 5.51. The molecule has 1 aliphatic heterocycles. The molecular weight excluding hydrogens is 147 g/mol. The van der Waals surface area contributed by atoms with Crippen LogP contribution in [0.25, 0.3) is 0 Å². The van der Waals surface area contributed by atoms with E-state index in [1.165, 1.54) is 18.9 Å². The van der Waals surface area contributed by atoms with Gasteiger partial charge in [0.1, 0.15) is 0 Å². The van der Waals surface area contributed by atoms with Gasteiger partial charge in [0.2, 0.25) is 9.04 Å². The number of alkyl halides is 1. The van der Waals surface area contributed by atoms with Gasteiger partial charge in [-0.3, -0.25) is 4.39 Å². The van der Waals surface area contributed by atoms with Gasteiger partial charge in [-0.1, -0.05) is 12.1 Å². The van der Waals surface area contributed by atoms with E-state index in [0.29, 0.717) is 7.18 Å². The van der Waals surface area contributed by atoms with Crippen LogP contribution >= 0.6 is 0 Å². The molecule has 0 N–H and O–H groups in total. The van der Waals surface area contributed by atoms with E-state index in [1.807, 2.05) is 5.70 Å². The minimum absolute atomic E-state index is 0.500. The zero-order valence-electron chi connectivity index (χ0n) is 6.48. The summed E-state index contributed by atoms with van der Waals surface area (Å²) in [7, 11) is -0.341. The molecule has 0 saturated carbocycles. The molecule has 3 heteroatoms. The number of rotatable bonds is 1. The van der Waals surface area contributed by atoms with Gasteiger partial charge in [-0.2, -0.15) is 0 Å². The van der Waals surface area contributed by atoms with Gasteiger partial charge in [-0.05, 0) is 12.5 Å². The van der Waals surface area contributed by atoms with Crippen LogP contribution in [0.2, 0.25) is 6.04 Å². The highest BCUT2D eigenvalue weighted by atomic mass is 28.3. The van der Waals surface area contributed by atoms with Gasteiger partial charge in [0.05, 0.1) is 7.18 Å². The predicted molar refractivity (Wildman–Crippen MR) is 44.4 cm³/mol. The van der Waals surface area contributed by atoms with Crippen LogP contribution in [-0.4, -0.2) is 22.8 Å². The molecule has 0 aromatic rings. The molecule has 0 amide bonds. The molecular formula is C7H15FOSi. The van der Waals surface area contributed by atoms with E-state index in [4.69, 9.17) is 4.43 Å². The SMILES string of the molecule is C=C[SiH]1CCCCO1.CF. The van der Waals surface area contributed by atoms with Crippen molar-refractivity contribution in [3.63, 3.8) is 0 Å². The normalized spacial score (nSPS) is 24.4. The molecule has 1 rings (SSSR count). The third kappa shape index (κ3) is 3.79. The maximum absolute atomic E-state index is 9.50. The first-order valence-electron chi connectivity index (χ1n) is 3.55. The molecule has 1 saturated heterocycles. The molecule has 60 valence electrons. The lowest BCUT2D eigenvalue weighted by atomic mass is 10.4. The van der Waals surface area contributed by atoms with E-state index in [-0.39, 0.29) is 0 Å². The second-order valence-corrected chi connectivity index (χ2v) is 4.60. The Bertz CT molecular complexity index is 81.7. The summed E-state index contributed by atoms with van der Waals surface area (Å²) in [5.74, 6) is 0. The third-order valence-electron chi connectivity index (χ3n) is 1.48. The second-order valence-electron chi connectivity index (χ2n) is 2.14. The highest BCUT2D eigenvalue weighted by Crippen LogP contribution is 2.10. The van der Waals surface area contributed by atoms with E-state index in [9.17, 15) is 4.39 Å². The first-order chi connectivity index (χ1) is 4.93. The lowest BCUT2D eigenvalue weighted by Crippen LogP contribution is -2.20. The topological polar surface area (TPSA) is 9.23 Å². The summed E-state index contributed by atoms with van der Waals surface area (Å²) in [5, 5.41) is 0. The molecule has 1 nitrogen and oxygen atoms in total. The average Bonchev–Trinajstić information content (AvgIpc) is 2.10. The van der Waals surface area contributed by atoms with Crippen LogP contribution in [0.4, 0.5) is 4.39 Å². The lowest BCUT2D eigenvalue weighted by Gasteiger charge is -2.16. The predicted octanol–water partition coefficient (Wildman–Crippen LogP) is 1.83. The molecule has 10 heavy (non-hydrogen) atoms. The van der Waals surface area contributed by atoms with Gasteiger partial charge in [0.15, 0.2) is 0 Å². The molecule has 0 bridgehead atoms. The Morgan fingerprint density at radius 2 is 2.20 bits per heavy atom. The Morgan fingerprint density at radius 3 is 2.50 bits per heavy atom. The average molecular weight is 162 g/mol. The van der Waals surface area contributed by atoms with E-state index in [2.05, 4.69) is 6.58 Å². The fraction of sp³-hybridized carbons (Fsp3) is 0.714. The summed E-state index contributed by atoms with van der Waals surface area (Å²) in [6.07, 6.45) is 2.63. The first kappa shape index (κ1) is 9.85. The molecule has 0 aliphatic carbocycles. The van der Waals surface area contributed by atoms with Crippen molar-refractivity contribution in [1.82, 2.24) is 0 Å². The molecule has 0 spiro atoms. The van der Waals surface area contributed by atoms with Crippen LogP contribution in [0.1, 0.15) is 12.8 Å². The van der Waals surface area contributed by atoms with Gasteiger partial charge >= 0.3 is 0 Å². The summed E-state index contributed by atoms with van der Waals surface area (Å²) in [6, 6.07) is 1.31. The second kappa shape index (κ2) is 6.96. The summed E-state index contributed by atoms with van der Waals surface area (Å²) >= 11 is 0. The molecule has 1 atom stereocenters. The Balaban J connectivity index is 0.000000371. The number of hydrogen-bond acceptors (Lipinski definition) is 1. The summed E-state index contributed by atoms with van der Waals surface area (Å²) in [6.45, 7) is 4.71. The van der Waals surface area contributed by atoms with Gasteiger partial charge < -0.3 is 4.43 Å². The van der Waals surface area contributed by atoms with E-state index >= 15 is 0 Å². The standard InChI is InChI=1S/C6H12OSi.CH3F/c1-2-8-6-4-3-5-7-8;1-2/h2,8H,1,3-6H2;1H3. The minimum Gasteiger partial charge on any atom is -0.416 e. The van der Waals surface area contributed by atoms with Crippen LogP contribution in [-0.2, 0) is 4.43 Å².